The molecule has 0 bridgehead atoms. The predicted octanol–water partition coefficient (Wildman–Crippen LogP) is 2.45. The van der Waals surface area contributed by atoms with Gasteiger partial charge in [-0.25, -0.2) is 8.42 Å². The molecule has 0 spiro atoms. The third-order valence-electron chi connectivity index (χ3n) is 3.41. The molecule has 0 N–H and O–H groups in total. The summed E-state index contributed by atoms with van der Waals surface area (Å²) < 4.78 is 26.9. The first-order chi connectivity index (χ1) is 9.17. The van der Waals surface area contributed by atoms with Crippen molar-refractivity contribution in [1.29, 1.82) is 0 Å². The molecule has 0 fully saturated rings. The summed E-state index contributed by atoms with van der Waals surface area (Å²) in [6.07, 6.45) is 0.654. The Kier molecular flexibility index (Phi) is 3.97. The van der Waals surface area contributed by atoms with Crippen molar-refractivity contribution in [2.75, 3.05) is 12.4 Å². The fourth-order valence-electron chi connectivity index (χ4n) is 2.41. The number of sulfonamides is 1. The van der Waals surface area contributed by atoms with Crippen LogP contribution in [0.2, 0.25) is 0 Å². The van der Waals surface area contributed by atoms with Crippen LogP contribution in [0.1, 0.15) is 36.7 Å². The topological polar surface area (TPSA) is 54.5 Å². The largest absolute Gasteiger partial charge is 0.293 e. The highest BCUT2D eigenvalue weighted by Crippen LogP contribution is 2.32. The van der Waals surface area contributed by atoms with Gasteiger partial charge in [0.15, 0.2) is 5.78 Å². The van der Waals surface area contributed by atoms with Crippen molar-refractivity contribution in [3.8, 4) is 0 Å². The van der Waals surface area contributed by atoms with Crippen LogP contribution in [0, 0.1) is 0 Å². The average Bonchev–Trinajstić information content (AvgIpc) is 2.35. The Morgan fingerprint density at radius 1 is 1.35 bits per heavy atom. The lowest BCUT2D eigenvalue weighted by atomic mass is 10.0. The fraction of sp³-hybridized carbons (Fsp3) is 0.500. The van der Waals surface area contributed by atoms with E-state index in [1.165, 1.54) is 10.4 Å². The first-order valence-electron chi connectivity index (χ1n) is 6.43. The summed E-state index contributed by atoms with van der Waals surface area (Å²) in [6, 6.07) is 4.81. The predicted molar refractivity (Wildman–Crippen MR) is 78.8 cm³/mol. The van der Waals surface area contributed by atoms with Crippen LogP contribution in [0.25, 0.3) is 0 Å². The first-order valence-corrected chi connectivity index (χ1v) is 8.40. The van der Waals surface area contributed by atoms with Crippen LogP contribution < -0.4 is 0 Å². The van der Waals surface area contributed by atoms with Gasteiger partial charge < -0.3 is 0 Å². The third kappa shape index (κ3) is 2.62. The quantitative estimate of drug-likeness (QED) is 0.622. The minimum atomic E-state index is -3.57. The van der Waals surface area contributed by atoms with E-state index in [2.05, 4.69) is 0 Å². The molecular weight excluding hydrogens is 298 g/mol. The molecule has 4 nitrogen and oxygen atoms in total. The Hall–Kier alpha value is -0.910. The number of benzene rings is 1. The zero-order chi connectivity index (χ0) is 15.1. The van der Waals surface area contributed by atoms with Gasteiger partial charge in [0.1, 0.15) is 0 Å². The van der Waals surface area contributed by atoms with Crippen molar-refractivity contribution in [1.82, 2.24) is 4.31 Å². The van der Waals surface area contributed by atoms with E-state index in [9.17, 15) is 13.2 Å². The number of Topliss-reactive ketones (excluding diaryl/α,β-unsaturated/α-hetero) is 1. The summed E-state index contributed by atoms with van der Waals surface area (Å²) >= 11 is 5.53. The number of fused-ring (bicyclic) bond motifs is 1. The van der Waals surface area contributed by atoms with E-state index in [-0.39, 0.29) is 16.6 Å². The molecular formula is C14H18ClNO3S. The first kappa shape index (κ1) is 15.5. The van der Waals surface area contributed by atoms with Crippen molar-refractivity contribution in [2.45, 2.75) is 37.6 Å². The molecule has 1 aliphatic heterocycles. The smallest absolute Gasteiger partial charge is 0.243 e. The molecule has 6 heteroatoms. The molecule has 0 amide bonds. The van der Waals surface area contributed by atoms with Gasteiger partial charge in [0.05, 0.1) is 10.8 Å². The van der Waals surface area contributed by atoms with Crippen molar-refractivity contribution in [3.05, 3.63) is 29.3 Å². The number of nitrogens with zero attached hydrogens (tertiary/aromatic N) is 1. The van der Waals surface area contributed by atoms with Gasteiger partial charge in [0.25, 0.3) is 0 Å². The minimum Gasteiger partial charge on any atom is -0.293 e. The fourth-order valence-corrected chi connectivity index (χ4v) is 4.63. The van der Waals surface area contributed by atoms with Crippen molar-refractivity contribution >= 4 is 27.4 Å². The lowest BCUT2D eigenvalue weighted by molar-refractivity contribution is 0.102. The van der Waals surface area contributed by atoms with Crippen LogP contribution in [-0.2, 0) is 16.4 Å². The van der Waals surface area contributed by atoms with Crippen LogP contribution in [0.5, 0.6) is 0 Å². The number of halogens is 1. The van der Waals surface area contributed by atoms with E-state index in [0.29, 0.717) is 18.5 Å². The number of hydrogen-bond acceptors (Lipinski definition) is 3. The van der Waals surface area contributed by atoms with Gasteiger partial charge in [-0.05, 0) is 38.8 Å². The Bertz CT molecular complexity index is 647. The number of carbonyl (C=O) groups is 1. The number of hydrogen-bond donors (Lipinski definition) is 0. The van der Waals surface area contributed by atoms with E-state index in [0.717, 1.165) is 5.56 Å². The molecule has 0 atom stereocenters. The second-order valence-electron chi connectivity index (χ2n) is 5.88. The zero-order valence-electron chi connectivity index (χ0n) is 11.8. The molecule has 0 radical (unpaired) electrons. The molecule has 0 aromatic heterocycles. The summed E-state index contributed by atoms with van der Waals surface area (Å²) in [6.45, 7) is 6.05. The Morgan fingerprint density at radius 3 is 2.55 bits per heavy atom. The van der Waals surface area contributed by atoms with E-state index in [1.54, 1.807) is 12.1 Å². The summed E-state index contributed by atoms with van der Waals surface area (Å²) in [4.78, 5) is 11.9. The van der Waals surface area contributed by atoms with E-state index >= 15 is 0 Å². The van der Waals surface area contributed by atoms with Crippen molar-refractivity contribution in [3.63, 3.8) is 0 Å². The molecule has 0 saturated heterocycles. The van der Waals surface area contributed by atoms with E-state index in [1.807, 2.05) is 20.8 Å². The average molecular weight is 316 g/mol. The summed E-state index contributed by atoms with van der Waals surface area (Å²) in [7, 11) is -3.57. The van der Waals surface area contributed by atoms with Crippen molar-refractivity contribution < 1.29 is 13.2 Å². The molecule has 2 rings (SSSR count). The Morgan fingerprint density at radius 2 is 2.00 bits per heavy atom. The summed E-state index contributed by atoms with van der Waals surface area (Å²) in [5, 5.41) is 0. The second kappa shape index (κ2) is 5.13. The maximum Gasteiger partial charge on any atom is 0.243 e. The molecule has 20 heavy (non-hydrogen) atoms. The van der Waals surface area contributed by atoms with Crippen LogP contribution >= 0.6 is 11.6 Å². The molecule has 1 heterocycles. The van der Waals surface area contributed by atoms with Crippen LogP contribution in [0.3, 0.4) is 0 Å². The number of rotatable bonds is 2. The van der Waals surface area contributed by atoms with Crippen LogP contribution in [-0.4, -0.2) is 36.5 Å². The number of carbonyl (C=O) groups excluding carboxylic acids is 1. The molecule has 1 aliphatic rings. The van der Waals surface area contributed by atoms with Gasteiger partial charge in [-0.15, -0.1) is 11.6 Å². The molecule has 1 aromatic carbocycles. The van der Waals surface area contributed by atoms with E-state index in [4.69, 9.17) is 11.6 Å². The Labute approximate surface area is 124 Å². The van der Waals surface area contributed by atoms with Gasteiger partial charge in [0.2, 0.25) is 10.0 Å². The standard InChI is InChI=1S/C14H18ClNO3S/c1-14(2,3)16-7-6-10-4-5-11(12(17)9-15)8-13(10)20(16,18)19/h4-5,8H,6-7,9H2,1-3H3. The highest BCUT2D eigenvalue weighted by molar-refractivity contribution is 7.89. The van der Waals surface area contributed by atoms with Gasteiger partial charge in [-0.1, -0.05) is 12.1 Å². The second-order valence-corrected chi connectivity index (χ2v) is 7.98. The highest BCUT2D eigenvalue weighted by Gasteiger charge is 2.38. The van der Waals surface area contributed by atoms with Crippen LogP contribution in [0.15, 0.2) is 23.1 Å². The lowest BCUT2D eigenvalue weighted by Gasteiger charge is -2.38. The SMILES string of the molecule is CC(C)(C)N1CCc2ccc(C(=O)CCl)cc2S1(=O)=O. The highest BCUT2D eigenvalue weighted by atomic mass is 35.5. The zero-order valence-corrected chi connectivity index (χ0v) is 13.4. The monoisotopic (exact) mass is 315 g/mol. The van der Waals surface area contributed by atoms with Gasteiger partial charge >= 0.3 is 0 Å². The number of ketones is 1. The molecule has 0 saturated carbocycles. The van der Waals surface area contributed by atoms with Gasteiger partial charge in [-0.3, -0.25) is 4.79 Å². The maximum atomic E-state index is 12.7. The molecule has 1 aromatic rings. The normalized spacial score (nSPS) is 18.6. The molecule has 110 valence electrons. The Balaban J connectivity index is 2.57. The molecule has 0 unspecified atom stereocenters. The number of alkyl halides is 1. The van der Waals surface area contributed by atoms with Gasteiger partial charge in [0, 0.05) is 17.6 Å². The van der Waals surface area contributed by atoms with Crippen molar-refractivity contribution in [2.24, 2.45) is 0 Å². The lowest BCUT2D eigenvalue weighted by Crippen LogP contribution is -2.48. The van der Waals surface area contributed by atoms with Crippen LogP contribution in [0.4, 0.5) is 0 Å². The summed E-state index contributed by atoms with van der Waals surface area (Å²) in [5.41, 5.74) is 0.623. The minimum absolute atomic E-state index is 0.151. The maximum absolute atomic E-state index is 12.7. The summed E-state index contributed by atoms with van der Waals surface area (Å²) in [5.74, 6) is -0.417. The van der Waals surface area contributed by atoms with Gasteiger partial charge in [-0.2, -0.15) is 4.31 Å². The van der Waals surface area contributed by atoms with E-state index < -0.39 is 15.6 Å². The molecule has 0 aliphatic carbocycles. The third-order valence-corrected chi connectivity index (χ3v) is 5.90.